The number of hydrogen-bond acceptors (Lipinski definition) is 9. The van der Waals surface area contributed by atoms with Crippen molar-refractivity contribution in [1.29, 1.82) is 0 Å². The van der Waals surface area contributed by atoms with Gasteiger partial charge in [0.15, 0.2) is 5.82 Å². The SMILES string of the molecule is CC.CCc1c(F)ccc2cc(O)cc(-c3nc(OC(C)C)c4c(NCCO)nc(OCC56CCCN5CCC6)nc4c3F)c12. The zero-order chi connectivity index (χ0) is 32.3. The number of rotatable bonds is 10. The molecule has 0 atom stereocenters. The summed E-state index contributed by atoms with van der Waals surface area (Å²) in [6.45, 7) is 11.8. The van der Waals surface area contributed by atoms with Crippen molar-refractivity contribution < 1.29 is 28.5 Å². The summed E-state index contributed by atoms with van der Waals surface area (Å²) in [7, 11) is 0. The second-order valence-electron chi connectivity index (χ2n) is 11.7. The highest BCUT2D eigenvalue weighted by atomic mass is 19.1. The van der Waals surface area contributed by atoms with E-state index in [0.29, 0.717) is 29.4 Å². The van der Waals surface area contributed by atoms with Crippen LogP contribution < -0.4 is 14.8 Å². The molecule has 0 bridgehead atoms. The van der Waals surface area contributed by atoms with Crippen molar-refractivity contribution in [1.82, 2.24) is 19.9 Å². The van der Waals surface area contributed by atoms with E-state index in [2.05, 4.69) is 25.2 Å². The first-order valence-electron chi connectivity index (χ1n) is 16.0. The average Bonchev–Trinajstić information content (AvgIpc) is 3.61. The molecule has 4 aromatic rings. The summed E-state index contributed by atoms with van der Waals surface area (Å²) in [5, 5.41) is 24.4. The Morgan fingerprint density at radius 1 is 1.04 bits per heavy atom. The van der Waals surface area contributed by atoms with Gasteiger partial charge in [-0.25, -0.2) is 13.8 Å². The van der Waals surface area contributed by atoms with Gasteiger partial charge in [0.2, 0.25) is 5.88 Å². The maximum Gasteiger partial charge on any atom is 0.319 e. The summed E-state index contributed by atoms with van der Waals surface area (Å²) in [6.07, 6.45) is 4.25. The number of benzene rings is 2. The fourth-order valence-corrected chi connectivity index (χ4v) is 6.67. The van der Waals surface area contributed by atoms with Gasteiger partial charge in [-0.2, -0.15) is 9.97 Å². The van der Waals surface area contributed by atoms with Crippen LogP contribution in [0.2, 0.25) is 0 Å². The molecule has 2 fully saturated rings. The van der Waals surface area contributed by atoms with Gasteiger partial charge in [-0.1, -0.05) is 26.8 Å². The van der Waals surface area contributed by atoms with Crippen molar-refractivity contribution >= 4 is 27.5 Å². The van der Waals surface area contributed by atoms with E-state index in [9.17, 15) is 14.6 Å². The zero-order valence-corrected chi connectivity index (χ0v) is 26.7. The van der Waals surface area contributed by atoms with E-state index in [0.717, 1.165) is 38.8 Å². The van der Waals surface area contributed by atoms with Gasteiger partial charge >= 0.3 is 6.01 Å². The molecular formula is C34H43F2N5O4. The Morgan fingerprint density at radius 3 is 2.44 bits per heavy atom. The molecule has 2 aromatic carbocycles. The molecule has 0 unspecified atom stereocenters. The number of aromatic hydroxyl groups is 1. The van der Waals surface area contributed by atoms with E-state index in [1.807, 2.05) is 34.6 Å². The molecule has 0 spiro atoms. The normalized spacial score (nSPS) is 15.8. The lowest BCUT2D eigenvalue weighted by molar-refractivity contribution is 0.108. The Kier molecular flexibility index (Phi) is 9.88. The summed E-state index contributed by atoms with van der Waals surface area (Å²) in [4.78, 5) is 16.2. The van der Waals surface area contributed by atoms with E-state index in [-0.39, 0.29) is 70.4 Å². The molecule has 2 aliphatic heterocycles. The van der Waals surface area contributed by atoms with E-state index < -0.39 is 11.6 Å². The Hall–Kier alpha value is -3.83. The summed E-state index contributed by atoms with van der Waals surface area (Å²) in [5.41, 5.74) is 0.292. The quantitative estimate of drug-likeness (QED) is 0.179. The summed E-state index contributed by atoms with van der Waals surface area (Å²) >= 11 is 0. The number of aryl methyl sites for hydroxylation is 1. The lowest BCUT2D eigenvalue weighted by atomic mass is 9.94. The van der Waals surface area contributed by atoms with E-state index in [1.54, 1.807) is 6.07 Å². The fraction of sp³-hybridized carbons (Fsp3) is 0.500. The van der Waals surface area contributed by atoms with Crippen LogP contribution in [0.5, 0.6) is 17.6 Å². The molecule has 242 valence electrons. The lowest BCUT2D eigenvalue weighted by Crippen LogP contribution is -2.43. The van der Waals surface area contributed by atoms with Crippen LogP contribution in [0, 0.1) is 11.6 Å². The van der Waals surface area contributed by atoms with Crippen LogP contribution >= 0.6 is 0 Å². The first-order valence-corrected chi connectivity index (χ1v) is 16.0. The smallest absolute Gasteiger partial charge is 0.319 e. The first-order chi connectivity index (χ1) is 21.7. The number of ether oxygens (including phenoxy) is 2. The van der Waals surface area contributed by atoms with Crippen LogP contribution in [0.3, 0.4) is 0 Å². The molecule has 2 saturated heterocycles. The summed E-state index contributed by atoms with van der Waals surface area (Å²) in [6, 6.07) is 5.79. The predicted molar refractivity (Wildman–Crippen MR) is 172 cm³/mol. The largest absolute Gasteiger partial charge is 0.508 e. The first kappa shape index (κ1) is 32.6. The highest BCUT2D eigenvalue weighted by molar-refractivity contribution is 6.03. The van der Waals surface area contributed by atoms with Crippen LogP contribution in [0.25, 0.3) is 32.9 Å². The van der Waals surface area contributed by atoms with Gasteiger partial charge in [0.25, 0.3) is 0 Å². The zero-order valence-electron chi connectivity index (χ0n) is 26.7. The topological polar surface area (TPSA) is 113 Å². The number of aliphatic hydroxyl groups excluding tert-OH is 1. The number of fused-ring (bicyclic) bond motifs is 3. The Morgan fingerprint density at radius 2 is 1.78 bits per heavy atom. The van der Waals surface area contributed by atoms with Crippen LogP contribution in [0.1, 0.15) is 65.9 Å². The van der Waals surface area contributed by atoms with Crippen molar-refractivity contribution in [3.05, 3.63) is 41.5 Å². The van der Waals surface area contributed by atoms with Crippen molar-refractivity contribution in [2.75, 3.05) is 38.2 Å². The maximum absolute atomic E-state index is 16.8. The van der Waals surface area contributed by atoms with Crippen molar-refractivity contribution in [2.24, 2.45) is 0 Å². The Balaban J connectivity index is 0.00000196. The number of aliphatic hydroxyl groups is 1. The highest BCUT2D eigenvalue weighted by Gasteiger charge is 2.45. The minimum absolute atomic E-state index is 0.00586. The maximum atomic E-state index is 16.8. The molecular weight excluding hydrogens is 580 g/mol. The lowest BCUT2D eigenvalue weighted by Gasteiger charge is -2.31. The second kappa shape index (κ2) is 13.7. The van der Waals surface area contributed by atoms with Gasteiger partial charge in [-0.3, -0.25) is 4.90 Å². The van der Waals surface area contributed by atoms with Gasteiger partial charge in [0, 0.05) is 12.1 Å². The fourth-order valence-electron chi connectivity index (χ4n) is 6.67. The molecule has 2 aromatic heterocycles. The van der Waals surface area contributed by atoms with Crippen molar-refractivity contribution in [2.45, 2.75) is 78.4 Å². The van der Waals surface area contributed by atoms with Crippen LogP contribution in [-0.2, 0) is 6.42 Å². The summed E-state index contributed by atoms with van der Waals surface area (Å²) in [5.74, 6) is -1.04. The predicted octanol–water partition coefficient (Wildman–Crippen LogP) is 6.62. The molecule has 11 heteroatoms. The van der Waals surface area contributed by atoms with Crippen LogP contribution in [0.4, 0.5) is 14.6 Å². The van der Waals surface area contributed by atoms with E-state index in [1.165, 1.54) is 18.2 Å². The third-order valence-electron chi connectivity index (χ3n) is 8.53. The molecule has 9 nitrogen and oxygen atoms in total. The van der Waals surface area contributed by atoms with Crippen molar-refractivity contribution in [3.63, 3.8) is 0 Å². The average molecular weight is 624 g/mol. The second-order valence-corrected chi connectivity index (χ2v) is 11.7. The molecule has 6 rings (SSSR count). The number of nitrogens with one attached hydrogen (secondary N) is 1. The molecule has 2 aliphatic rings. The molecule has 0 saturated carbocycles. The van der Waals surface area contributed by atoms with Gasteiger partial charge in [0.1, 0.15) is 40.6 Å². The standard InChI is InChI=1S/C32H37F2N5O4.C2H6/c1-4-21-23(33)8-7-19-15-20(41)16-22(24(19)21)27-26(34)28-25(30(36-27)43-18(2)3)29(35-11-14-40)38-31(37-28)42-17-32-9-5-12-39(32)13-6-10-32;1-2/h7-8,15-16,18,40-41H,4-6,9-14,17H2,1-3H3,(H,35,37,38);1-2H3. The number of anilines is 1. The van der Waals surface area contributed by atoms with Gasteiger partial charge < -0.3 is 25.0 Å². The highest BCUT2D eigenvalue weighted by Crippen LogP contribution is 2.42. The number of aromatic nitrogens is 3. The van der Waals surface area contributed by atoms with Crippen LogP contribution in [-0.4, -0.2) is 74.6 Å². The minimum Gasteiger partial charge on any atom is -0.508 e. The Labute approximate surface area is 262 Å². The Bertz CT molecular complexity index is 1670. The third-order valence-corrected chi connectivity index (χ3v) is 8.53. The molecule has 0 aliphatic carbocycles. The summed E-state index contributed by atoms with van der Waals surface area (Å²) < 4.78 is 44.0. The van der Waals surface area contributed by atoms with Gasteiger partial charge in [0.05, 0.1) is 18.2 Å². The molecule has 4 heterocycles. The molecule has 0 amide bonds. The number of pyridine rings is 1. The number of halogens is 2. The molecule has 3 N–H and O–H groups in total. The van der Waals surface area contributed by atoms with Crippen molar-refractivity contribution in [3.8, 4) is 28.9 Å². The van der Waals surface area contributed by atoms with Gasteiger partial charge in [-0.05, 0) is 93.6 Å². The van der Waals surface area contributed by atoms with E-state index >= 15 is 4.39 Å². The molecule has 0 radical (unpaired) electrons. The van der Waals surface area contributed by atoms with E-state index in [4.69, 9.17) is 9.47 Å². The number of phenols is 1. The monoisotopic (exact) mass is 623 g/mol. The number of hydrogen-bond donors (Lipinski definition) is 3. The van der Waals surface area contributed by atoms with Gasteiger partial charge in [-0.15, -0.1) is 0 Å². The number of phenolic OH excluding ortho intramolecular Hbond substituents is 1. The van der Waals surface area contributed by atoms with Crippen LogP contribution in [0.15, 0.2) is 24.3 Å². The third kappa shape index (κ3) is 6.20. The number of nitrogens with zero attached hydrogens (tertiary/aromatic N) is 4. The minimum atomic E-state index is -0.787. The molecule has 45 heavy (non-hydrogen) atoms.